The van der Waals surface area contributed by atoms with Gasteiger partial charge in [0, 0.05) is 0 Å². The Morgan fingerprint density at radius 1 is 1.52 bits per heavy atom. The number of aromatic carboxylic acids is 1. The minimum absolute atomic E-state index is 0.0898. The molecule has 21 heavy (non-hydrogen) atoms. The highest BCUT2D eigenvalue weighted by Gasteiger charge is 2.37. The van der Waals surface area contributed by atoms with Crippen LogP contribution in [0.3, 0.4) is 0 Å². The van der Waals surface area contributed by atoms with Gasteiger partial charge in [0.15, 0.2) is 0 Å². The second kappa shape index (κ2) is 6.68. The molecule has 0 spiro atoms. The first kappa shape index (κ1) is 16.4. The molecule has 0 radical (unpaired) electrons. The number of carboxylic acid groups (broad SMARTS) is 1. The third kappa shape index (κ3) is 3.46. The van der Waals surface area contributed by atoms with Crippen molar-refractivity contribution in [3.63, 3.8) is 0 Å². The zero-order valence-corrected chi connectivity index (χ0v) is 11.7. The van der Waals surface area contributed by atoms with Crippen molar-refractivity contribution in [3.8, 4) is 0 Å². The van der Waals surface area contributed by atoms with Crippen molar-refractivity contribution in [2.75, 3.05) is 13.7 Å². The van der Waals surface area contributed by atoms with Gasteiger partial charge in [-0.15, -0.1) is 5.10 Å². The highest BCUT2D eigenvalue weighted by molar-refractivity contribution is 5.99. The van der Waals surface area contributed by atoms with Crippen LogP contribution in [-0.4, -0.2) is 45.6 Å². The number of carbonyl (C=O) groups excluding carboxylic acids is 1. The fraction of sp³-hybridized carbons (Fsp3) is 0.545. The van der Waals surface area contributed by atoms with E-state index >= 15 is 0 Å². The Morgan fingerprint density at radius 3 is 2.57 bits per heavy atom. The zero-order valence-electron chi connectivity index (χ0n) is 11.7. The van der Waals surface area contributed by atoms with Crippen LogP contribution in [0, 0.1) is 16.0 Å². The SMILES string of the molecule is CCC(C)COn1nc(C(=O)O)c([N+](=O)[O-])c1C(=O)OC. The summed E-state index contributed by atoms with van der Waals surface area (Å²) in [5, 5.41) is 23.4. The second-order valence-corrected chi connectivity index (χ2v) is 4.28. The largest absolute Gasteiger partial charge is 0.476 e. The predicted molar refractivity (Wildman–Crippen MR) is 68.1 cm³/mol. The van der Waals surface area contributed by atoms with Crippen molar-refractivity contribution in [3.05, 3.63) is 21.5 Å². The van der Waals surface area contributed by atoms with Crippen LogP contribution >= 0.6 is 0 Å². The maximum Gasteiger partial charge on any atom is 0.367 e. The minimum atomic E-state index is -1.64. The summed E-state index contributed by atoms with van der Waals surface area (Å²) < 4.78 is 4.42. The molecule has 0 aliphatic heterocycles. The van der Waals surface area contributed by atoms with Crippen LogP contribution in [-0.2, 0) is 4.74 Å². The molecule has 116 valence electrons. The summed E-state index contributed by atoms with van der Waals surface area (Å²) in [5.74, 6) is -2.66. The van der Waals surface area contributed by atoms with Gasteiger partial charge in [-0.1, -0.05) is 25.1 Å². The Labute approximate surface area is 119 Å². The molecule has 0 fully saturated rings. The van der Waals surface area contributed by atoms with Crippen LogP contribution in [0.15, 0.2) is 0 Å². The molecule has 1 aromatic heterocycles. The van der Waals surface area contributed by atoms with Gasteiger partial charge in [0.2, 0.25) is 0 Å². The van der Waals surface area contributed by atoms with Crippen molar-refractivity contribution in [1.82, 2.24) is 9.94 Å². The monoisotopic (exact) mass is 301 g/mol. The van der Waals surface area contributed by atoms with Crippen LogP contribution < -0.4 is 4.84 Å². The first-order chi connectivity index (χ1) is 9.83. The molecule has 0 aromatic carbocycles. The van der Waals surface area contributed by atoms with Gasteiger partial charge in [0.1, 0.15) is 6.61 Å². The van der Waals surface area contributed by atoms with Gasteiger partial charge < -0.3 is 14.7 Å². The quantitative estimate of drug-likeness (QED) is 0.443. The summed E-state index contributed by atoms with van der Waals surface area (Å²) in [7, 11) is 1.01. The lowest BCUT2D eigenvalue weighted by molar-refractivity contribution is -0.385. The Morgan fingerprint density at radius 2 is 2.14 bits per heavy atom. The van der Waals surface area contributed by atoms with Gasteiger partial charge in [0.25, 0.3) is 11.4 Å². The van der Waals surface area contributed by atoms with Crippen molar-refractivity contribution in [2.24, 2.45) is 5.92 Å². The van der Waals surface area contributed by atoms with Crippen LogP contribution in [0.25, 0.3) is 0 Å². The van der Waals surface area contributed by atoms with Crippen LogP contribution in [0.4, 0.5) is 5.69 Å². The third-order valence-electron chi connectivity index (χ3n) is 2.77. The van der Waals surface area contributed by atoms with Crippen molar-refractivity contribution in [2.45, 2.75) is 20.3 Å². The fourth-order valence-electron chi connectivity index (χ4n) is 1.39. The lowest BCUT2D eigenvalue weighted by Crippen LogP contribution is -2.24. The smallest absolute Gasteiger partial charge is 0.367 e. The summed E-state index contributed by atoms with van der Waals surface area (Å²) in [4.78, 5) is 38.4. The third-order valence-corrected chi connectivity index (χ3v) is 2.77. The lowest BCUT2D eigenvalue weighted by Gasteiger charge is -2.10. The molecule has 1 heterocycles. The molecule has 1 atom stereocenters. The van der Waals surface area contributed by atoms with Gasteiger partial charge in [-0.2, -0.15) is 0 Å². The average Bonchev–Trinajstić information content (AvgIpc) is 2.83. The Bertz CT molecular complexity index is 566. The number of aromatic nitrogens is 2. The van der Waals surface area contributed by atoms with E-state index in [1.165, 1.54) is 0 Å². The molecule has 1 N–H and O–H groups in total. The molecular formula is C11H15N3O7. The topological polar surface area (TPSA) is 134 Å². The molecule has 0 saturated heterocycles. The number of hydrogen-bond acceptors (Lipinski definition) is 7. The van der Waals surface area contributed by atoms with Crippen molar-refractivity contribution >= 4 is 17.6 Å². The van der Waals surface area contributed by atoms with E-state index in [2.05, 4.69) is 9.84 Å². The molecule has 10 heteroatoms. The Hall–Kier alpha value is -2.65. The maximum absolute atomic E-state index is 11.6. The summed E-state index contributed by atoms with van der Waals surface area (Å²) >= 11 is 0. The number of ether oxygens (including phenoxy) is 1. The number of carboxylic acids is 1. The normalized spacial score (nSPS) is 11.8. The molecule has 1 unspecified atom stereocenters. The van der Waals surface area contributed by atoms with Gasteiger partial charge in [-0.3, -0.25) is 10.1 Å². The summed E-state index contributed by atoms with van der Waals surface area (Å²) in [6, 6.07) is 0. The van der Waals surface area contributed by atoms with E-state index in [1.807, 2.05) is 13.8 Å². The molecule has 1 aromatic rings. The molecule has 0 aliphatic carbocycles. The average molecular weight is 301 g/mol. The second-order valence-electron chi connectivity index (χ2n) is 4.28. The van der Waals surface area contributed by atoms with Crippen LogP contribution in [0.5, 0.6) is 0 Å². The van der Waals surface area contributed by atoms with E-state index in [9.17, 15) is 19.7 Å². The number of nitro groups is 1. The van der Waals surface area contributed by atoms with Crippen molar-refractivity contribution in [1.29, 1.82) is 0 Å². The molecular weight excluding hydrogens is 286 g/mol. The van der Waals surface area contributed by atoms with Crippen molar-refractivity contribution < 1.29 is 29.2 Å². The number of rotatable bonds is 7. The lowest BCUT2D eigenvalue weighted by atomic mass is 10.1. The van der Waals surface area contributed by atoms with E-state index in [1.54, 1.807) is 0 Å². The van der Waals surface area contributed by atoms with Gasteiger partial charge in [0.05, 0.1) is 12.0 Å². The number of carbonyl (C=O) groups is 2. The highest BCUT2D eigenvalue weighted by atomic mass is 16.7. The molecule has 0 bridgehead atoms. The van der Waals surface area contributed by atoms with Crippen LogP contribution in [0.1, 0.15) is 41.2 Å². The number of esters is 1. The van der Waals surface area contributed by atoms with Gasteiger partial charge in [-0.05, 0) is 5.92 Å². The molecule has 0 aliphatic rings. The molecule has 0 saturated carbocycles. The van der Waals surface area contributed by atoms with Gasteiger partial charge in [-0.25, -0.2) is 9.59 Å². The van der Waals surface area contributed by atoms with E-state index < -0.39 is 33.9 Å². The standard InChI is InChI=1S/C11H15N3O7/c1-4-6(2)5-21-13-9(11(17)20-3)8(14(18)19)7(12-13)10(15)16/h6H,4-5H2,1-3H3,(H,15,16). The fourth-order valence-corrected chi connectivity index (χ4v) is 1.39. The summed E-state index contributed by atoms with van der Waals surface area (Å²) in [6.07, 6.45) is 0.767. The molecule has 1 rings (SSSR count). The summed E-state index contributed by atoms with van der Waals surface area (Å²) in [6.45, 7) is 3.87. The van der Waals surface area contributed by atoms with E-state index in [4.69, 9.17) is 9.94 Å². The van der Waals surface area contributed by atoms with E-state index in [-0.39, 0.29) is 12.5 Å². The van der Waals surface area contributed by atoms with E-state index in [0.29, 0.717) is 4.85 Å². The maximum atomic E-state index is 11.6. The molecule has 0 amide bonds. The number of methoxy groups -OCH3 is 1. The number of hydrogen-bond donors (Lipinski definition) is 1. The predicted octanol–water partition coefficient (Wildman–Crippen LogP) is 0.751. The first-order valence-electron chi connectivity index (χ1n) is 6.05. The Kier molecular flexibility index (Phi) is 5.22. The van der Waals surface area contributed by atoms with Crippen LogP contribution in [0.2, 0.25) is 0 Å². The first-order valence-corrected chi connectivity index (χ1v) is 6.05. The molecule has 10 nitrogen and oxygen atoms in total. The highest BCUT2D eigenvalue weighted by Crippen LogP contribution is 2.24. The van der Waals surface area contributed by atoms with E-state index in [0.717, 1.165) is 13.5 Å². The van der Waals surface area contributed by atoms with Gasteiger partial charge >= 0.3 is 17.6 Å². The Balaban J connectivity index is 3.34. The summed E-state index contributed by atoms with van der Waals surface area (Å²) in [5.41, 5.74) is -2.51. The number of nitrogens with zero attached hydrogens (tertiary/aromatic N) is 3. The zero-order chi connectivity index (χ0) is 16.2. The minimum Gasteiger partial charge on any atom is -0.476 e.